The first-order chi connectivity index (χ1) is 9.97. The first-order valence-corrected chi connectivity index (χ1v) is 7.53. The van der Waals surface area contributed by atoms with Gasteiger partial charge in [-0.15, -0.1) is 0 Å². The van der Waals surface area contributed by atoms with Gasteiger partial charge in [0.25, 0.3) is 5.69 Å². The fourth-order valence-corrected chi connectivity index (χ4v) is 2.41. The summed E-state index contributed by atoms with van der Waals surface area (Å²) in [5, 5.41) is 14.2. The summed E-state index contributed by atoms with van der Waals surface area (Å²) >= 11 is 3.19. The quantitative estimate of drug-likeness (QED) is 0.604. The molecule has 0 amide bonds. The molecular weight excluding hydrogens is 332 g/mol. The Kier molecular flexibility index (Phi) is 4.96. The number of anilines is 1. The van der Waals surface area contributed by atoms with E-state index in [9.17, 15) is 10.1 Å². The second-order valence-electron chi connectivity index (χ2n) is 5.18. The van der Waals surface area contributed by atoms with E-state index in [1.54, 1.807) is 12.1 Å². The molecule has 0 aromatic heterocycles. The summed E-state index contributed by atoms with van der Waals surface area (Å²) in [6.07, 6.45) is 0. The summed E-state index contributed by atoms with van der Waals surface area (Å²) in [5.74, 6) is 0.473. The topological polar surface area (TPSA) is 55.2 Å². The molecule has 1 N–H and O–H groups in total. The zero-order valence-electron chi connectivity index (χ0n) is 12.0. The van der Waals surface area contributed by atoms with E-state index < -0.39 is 0 Å². The minimum atomic E-state index is -0.382. The molecule has 2 aromatic carbocycles. The Hall–Kier alpha value is -1.88. The Morgan fingerprint density at radius 3 is 2.67 bits per heavy atom. The standard InChI is InChI=1S/C16H17BrN2O2/c1-11(2)13-4-3-5-14(9-13)18-10-12-6-7-15(17)16(8-12)19(20)21/h3-9,11,18H,10H2,1-2H3. The number of rotatable bonds is 5. The summed E-state index contributed by atoms with van der Waals surface area (Å²) in [4.78, 5) is 10.5. The van der Waals surface area contributed by atoms with Gasteiger partial charge in [-0.3, -0.25) is 10.1 Å². The lowest BCUT2D eigenvalue weighted by Crippen LogP contribution is -2.01. The van der Waals surface area contributed by atoms with Crippen LogP contribution in [0.3, 0.4) is 0 Å². The molecule has 5 heteroatoms. The van der Waals surface area contributed by atoms with Crippen molar-refractivity contribution in [3.05, 3.63) is 68.2 Å². The van der Waals surface area contributed by atoms with Crippen molar-refractivity contribution in [2.45, 2.75) is 26.3 Å². The molecular formula is C16H17BrN2O2. The van der Waals surface area contributed by atoms with Crippen LogP contribution in [0.4, 0.5) is 11.4 Å². The number of nitrogens with one attached hydrogen (secondary N) is 1. The smallest absolute Gasteiger partial charge is 0.283 e. The molecule has 21 heavy (non-hydrogen) atoms. The minimum Gasteiger partial charge on any atom is -0.381 e. The van der Waals surface area contributed by atoms with Gasteiger partial charge < -0.3 is 5.32 Å². The fourth-order valence-electron chi connectivity index (χ4n) is 2.02. The van der Waals surface area contributed by atoms with E-state index in [1.165, 1.54) is 5.56 Å². The summed E-state index contributed by atoms with van der Waals surface area (Å²) in [7, 11) is 0. The highest BCUT2D eigenvalue weighted by atomic mass is 79.9. The van der Waals surface area contributed by atoms with E-state index in [2.05, 4.69) is 47.2 Å². The average Bonchev–Trinajstić information content (AvgIpc) is 2.46. The van der Waals surface area contributed by atoms with E-state index in [0.717, 1.165) is 11.3 Å². The first-order valence-electron chi connectivity index (χ1n) is 6.74. The molecule has 2 rings (SSSR count). The first kappa shape index (κ1) is 15.5. The third kappa shape index (κ3) is 4.04. The van der Waals surface area contributed by atoms with Gasteiger partial charge in [0.1, 0.15) is 0 Å². The van der Waals surface area contributed by atoms with Gasteiger partial charge in [0.2, 0.25) is 0 Å². The van der Waals surface area contributed by atoms with Gasteiger partial charge in [-0.1, -0.05) is 32.0 Å². The molecule has 0 bridgehead atoms. The van der Waals surface area contributed by atoms with Crippen LogP contribution in [0, 0.1) is 10.1 Å². The molecule has 0 radical (unpaired) electrons. The van der Waals surface area contributed by atoms with Crippen molar-refractivity contribution in [2.24, 2.45) is 0 Å². The Morgan fingerprint density at radius 1 is 1.24 bits per heavy atom. The number of nitrogens with zero attached hydrogens (tertiary/aromatic N) is 1. The molecule has 4 nitrogen and oxygen atoms in total. The van der Waals surface area contributed by atoms with E-state index >= 15 is 0 Å². The third-order valence-electron chi connectivity index (χ3n) is 3.26. The molecule has 0 spiro atoms. The van der Waals surface area contributed by atoms with E-state index in [4.69, 9.17) is 0 Å². The summed E-state index contributed by atoms with van der Waals surface area (Å²) in [5.41, 5.74) is 3.25. The Balaban J connectivity index is 2.11. The second kappa shape index (κ2) is 6.72. The van der Waals surface area contributed by atoms with Crippen LogP contribution in [0.15, 0.2) is 46.9 Å². The molecule has 0 saturated carbocycles. The minimum absolute atomic E-state index is 0.0882. The highest BCUT2D eigenvalue weighted by Crippen LogP contribution is 2.26. The molecule has 0 aliphatic carbocycles. The van der Waals surface area contributed by atoms with E-state index in [-0.39, 0.29) is 10.6 Å². The zero-order chi connectivity index (χ0) is 15.4. The third-order valence-corrected chi connectivity index (χ3v) is 3.93. The second-order valence-corrected chi connectivity index (χ2v) is 6.03. The largest absolute Gasteiger partial charge is 0.381 e. The number of benzene rings is 2. The van der Waals surface area contributed by atoms with Crippen molar-refractivity contribution in [1.82, 2.24) is 0 Å². The Morgan fingerprint density at radius 2 is 2.00 bits per heavy atom. The van der Waals surface area contributed by atoms with Crippen molar-refractivity contribution in [3.63, 3.8) is 0 Å². The molecule has 0 heterocycles. The van der Waals surface area contributed by atoms with Crippen LogP contribution in [0.1, 0.15) is 30.9 Å². The normalized spacial score (nSPS) is 10.7. The molecule has 110 valence electrons. The molecule has 0 fully saturated rings. The van der Waals surface area contributed by atoms with E-state index in [0.29, 0.717) is 16.9 Å². The predicted octanol–water partition coefficient (Wildman–Crippen LogP) is 5.09. The fraction of sp³-hybridized carbons (Fsp3) is 0.250. The Labute approximate surface area is 132 Å². The van der Waals surface area contributed by atoms with Gasteiger partial charge in [0.15, 0.2) is 0 Å². The van der Waals surface area contributed by atoms with E-state index in [1.807, 2.05) is 18.2 Å². The van der Waals surface area contributed by atoms with Gasteiger partial charge in [-0.2, -0.15) is 0 Å². The monoisotopic (exact) mass is 348 g/mol. The maximum absolute atomic E-state index is 10.9. The van der Waals surface area contributed by atoms with Crippen LogP contribution in [0.2, 0.25) is 0 Å². The molecule has 0 aliphatic heterocycles. The number of hydrogen-bond acceptors (Lipinski definition) is 3. The highest BCUT2D eigenvalue weighted by molar-refractivity contribution is 9.10. The molecule has 0 saturated heterocycles. The van der Waals surface area contributed by atoms with Crippen LogP contribution in [-0.2, 0) is 6.54 Å². The van der Waals surface area contributed by atoms with Gasteiger partial charge in [-0.05, 0) is 51.2 Å². The Bertz CT molecular complexity index is 656. The molecule has 0 unspecified atom stereocenters. The number of nitro benzene ring substituents is 1. The van der Waals surface area contributed by atoms with Crippen molar-refractivity contribution in [3.8, 4) is 0 Å². The SMILES string of the molecule is CC(C)c1cccc(NCc2ccc(Br)c([N+](=O)[O-])c2)c1. The summed E-state index contributed by atoms with van der Waals surface area (Å²) < 4.78 is 0.498. The van der Waals surface area contributed by atoms with Gasteiger partial charge in [0.05, 0.1) is 9.40 Å². The highest BCUT2D eigenvalue weighted by Gasteiger charge is 2.12. The van der Waals surface area contributed by atoms with Crippen molar-refractivity contribution >= 4 is 27.3 Å². The lowest BCUT2D eigenvalue weighted by molar-refractivity contribution is -0.385. The zero-order valence-corrected chi connectivity index (χ0v) is 13.6. The van der Waals surface area contributed by atoms with Gasteiger partial charge in [-0.25, -0.2) is 0 Å². The lowest BCUT2D eigenvalue weighted by atomic mass is 10.0. The maximum atomic E-state index is 10.9. The van der Waals surface area contributed by atoms with Crippen molar-refractivity contribution < 1.29 is 4.92 Å². The van der Waals surface area contributed by atoms with Crippen molar-refractivity contribution in [1.29, 1.82) is 0 Å². The van der Waals surface area contributed by atoms with Crippen molar-refractivity contribution in [2.75, 3.05) is 5.32 Å². The van der Waals surface area contributed by atoms with Crippen LogP contribution in [-0.4, -0.2) is 4.92 Å². The average molecular weight is 349 g/mol. The summed E-state index contributed by atoms with van der Waals surface area (Å²) in [6.45, 7) is 4.85. The van der Waals surface area contributed by atoms with Crippen LogP contribution in [0.5, 0.6) is 0 Å². The lowest BCUT2D eigenvalue weighted by Gasteiger charge is -2.10. The number of hydrogen-bond donors (Lipinski definition) is 1. The number of halogens is 1. The predicted molar refractivity (Wildman–Crippen MR) is 88.7 cm³/mol. The summed E-state index contributed by atoms with van der Waals surface area (Å²) in [6, 6.07) is 13.4. The van der Waals surface area contributed by atoms with Gasteiger partial charge in [0, 0.05) is 18.3 Å². The van der Waals surface area contributed by atoms with Crippen LogP contribution < -0.4 is 5.32 Å². The molecule has 0 atom stereocenters. The van der Waals surface area contributed by atoms with Crippen LogP contribution in [0.25, 0.3) is 0 Å². The maximum Gasteiger partial charge on any atom is 0.283 e. The number of nitro groups is 1. The van der Waals surface area contributed by atoms with Gasteiger partial charge >= 0.3 is 0 Å². The van der Waals surface area contributed by atoms with Crippen LogP contribution >= 0.6 is 15.9 Å². The molecule has 0 aliphatic rings. The molecule has 2 aromatic rings.